The number of hydrogen-bond donors (Lipinski definition) is 1. The molecule has 6 nitrogen and oxygen atoms in total. The SMILES string of the molecule is C=CCN(C)S(=O)(=O)c1ccc(NCCOc2ccc(C#N)cc2)cc1. The van der Waals surface area contributed by atoms with Crippen molar-refractivity contribution in [2.45, 2.75) is 4.90 Å². The monoisotopic (exact) mass is 371 g/mol. The van der Waals surface area contributed by atoms with Gasteiger partial charge in [0.2, 0.25) is 10.0 Å². The molecule has 0 aliphatic carbocycles. The largest absolute Gasteiger partial charge is 0.492 e. The number of nitriles is 1. The third-order valence-electron chi connectivity index (χ3n) is 3.63. The number of rotatable bonds is 9. The van der Waals surface area contributed by atoms with Crippen LogP contribution in [0.1, 0.15) is 5.56 Å². The van der Waals surface area contributed by atoms with Crippen molar-refractivity contribution in [1.82, 2.24) is 4.31 Å². The number of benzene rings is 2. The molecule has 0 bridgehead atoms. The highest BCUT2D eigenvalue weighted by molar-refractivity contribution is 7.89. The zero-order chi connectivity index (χ0) is 19.0. The summed E-state index contributed by atoms with van der Waals surface area (Å²) in [6.45, 7) is 4.81. The quantitative estimate of drug-likeness (QED) is 0.541. The smallest absolute Gasteiger partial charge is 0.243 e. The second-order valence-electron chi connectivity index (χ2n) is 5.51. The highest BCUT2D eigenvalue weighted by Crippen LogP contribution is 2.17. The molecule has 0 aliphatic rings. The molecule has 2 rings (SSSR count). The second kappa shape index (κ2) is 9.04. The molecule has 0 amide bonds. The van der Waals surface area contributed by atoms with Crippen molar-refractivity contribution in [2.75, 3.05) is 32.1 Å². The summed E-state index contributed by atoms with van der Waals surface area (Å²) in [7, 11) is -1.98. The van der Waals surface area contributed by atoms with E-state index in [-0.39, 0.29) is 11.4 Å². The Labute approximate surface area is 154 Å². The fourth-order valence-electron chi connectivity index (χ4n) is 2.19. The highest BCUT2D eigenvalue weighted by Gasteiger charge is 2.19. The number of ether oxygens (including phenoxy) is 1. The van der Waals surface area contributed by atoms with E-state index in [0.717, 1.165) is 5.69 Å². The lowest BCUT2D eigenvalue weighted by atomic mass is 10.2. The van der Waals surface area contributed by atoms with E-state index >= 15 is 0 Å². The minimum atomic E-state index is -3.50. The van der Waals surface area contributed by atoms with Crippen molar-refractivity contribution in [3.8, 4) is 11.8 Å². The molecule has 0 saturated carbocycles. The van der Waals surface area contributed by atoms with Crippen LogP contribution in [0.15, 0.2) is 66.1 Å². The van der Waals surface area contributed by atoms with Gasteiger partial charge in [0.05, 0.1) is 16.5 Å². The van der Waals surface area contributed by atoms with Gasteiger partial charge in [-0.05, 0) is 48.5 Å². The predicted molar refractivity (Wildman–Crippen MR) is 102 cm³/mol. The van der Waals surface area contributed by atoms with Crippen LogP contribution >= 0.6 is 0 Å². The van der Waals surface area contributed by atoms with E-state index in [1.165, 1.54) is 11.4 Å². The summed E-state index contributed by atoms with van der Waals surface area (Å²) in [5.74, 6) is 0.692. The summed E-state index contributed by atoms with van der Waals surface area (Å²) in [6, 6.07) is 15.5. The Bertz CT molecular complexity index is 870. The Hall–Kier alpha value is -2.82. The average Bonchev–Trinajstić information content (AvgIpc) is 2.66. The van der Waals surface area contributed by atoms with Gasteiger partial charge in [-0.15, -0.1) is 6.58 Å². The van der Waals surface area contributed by atoms with Gasteiger partial charge in [0.1, 0.15) is 12.4 Å². The van der Waals surface area contributed by atoms with Gasteiger partial charge in [-0.1, -0.05) is 6.08 Å². The molecule has 0 radical (unpaired) electrons. The first-order valence-electron chi connectivity index (χ1n) is 8.01. The van der Waals surface area contributed by atoms with Crippen LogP contribution in [-0.2, 0) is 10.0 Å². The summed E-state index contributed by atoms with van der Waals surface area (Å²) in [6.07, 6.45) is 1.54. The number of likely N-dealkylation sites (N-methyl/N-ethyl adjacent to an activating group) is 1. The van der Waals surface area contributed by atoms with Gasteiger partial charge in [0.25, 0.3) is 0 Å². The van der Waals surface area contributed by atoms with E-state index in [9.17, 15) is 8.42 Å². The summed E-state index contributed by atoms with van der Waals surface area (Å²) in [5.41, 5.74) is 1.39. The van der Waals surface area contributed by atoms with Crippen LogP contribution in [0.5, 0.6) is 5.75 Å². The Balaban J connectivity index is 1.85. The Kier molecular flexibility index (Phi) is 6.78. The fourth-order valence-corrected chi connectivity index (χ4v) is 3.34. The van der Waals surface area contributed by atoms with Crippen LogP contribution in [0, 0.1) is 11.3 Å². The minimum Gasteiger partial charge on any atom is -0.492 e. The second-order valence-corrected chi connectivity index (χ2v) is 7.55. The van der Waals surface area contributed by atoms with Crippen molar-refractivity contribution in [3.63, 3.8) is 0 Å². The molecule has 0 aliphatic heterocycles. The third-order valence-corrected chi connectivity index (χ3v) is 5.47. The third kappa shape index (κ3) is 5.09. The summed E-state index contributed by atoms with van der Waals surface area (Å²) < 4.78 is 31.5. The maximum absolute atomic E-state index is 12.3. The van der Waals surface area contributed by atoms with Gasteiger partial charge >= 0.3 is 0 Å². The van der Waals surface area contributed by atoms with E-state index in [2.05, 4.69) is 18.0 Å². The van der Waals surface area contributed by atoms with Crippen LogP contribution in [0.2, 0.25) is 0 Å². The van der Waals surface area contributed by atoms with Crippen molar-refractivity contribution in [3.05, 3.63) is 66.7 Å². The average molecular weight is 371 g/mol. The maximum atomic E-state index is 12.3. The minimum absolute atomic E-state index is 0.237. The number of nitrogens with one attached hydrogen (secondary N) is 1. The molecular weight excluding hydrogens is 350 g/mol. The highest BCUT2D eigenvalue weighted by atomic mass is 32.2. The van der Waals surface area contributed by atoms with Crippen molar-refractivity contribution in [2.24, 2.45) is 0 Å². The van der Waals surface area contributed by atoms with E-state index in [4.69, 9.17) is 10.00 Å². The number of hydrogen-bond acceptors (Lipinski definition) is 5. The molecule has 0 saturated heterocycles. The molecule has 0 aromatic heterocycles. The molecule has 0 unspecified atom stereocenters. The molecule has 136 valence electrons. The topological polar surface area (TPSA) is 82.4 Å². The normalized spacial score (nSPS) is 11.0. The predicted octanol–water partition coefficient (Wildman–Crippen LogP) is 2.86. The number of anilines is 1. The summed E-state index contributed by atoms with van der Waals surface area (Å²) in [4.78, 5) is 0.237. The molecule has 2 aromatic rings. The molecule has 0 fully saturated rings. The van der Waals surface area contributed by atoms with Crippen LogP contribution in [0.3, 0.4) is 0 Å². The van der Waals surface area contributed by atoms with Gasteiger partial charge < -0.3 is 10.1 Å². The Morgan fingerprint density at radius 3 is 2.42 bits per heavy atom. The van der Waals surface area contributed by atoms with Crippen LogP contribution < -0.4 is 10.1 Å². The number of nitrogens with zero attached hydrogens (tertiary/aromatic N) is 2. The zero-order valence-electron chi connectivity index (χ0n) is 14.6. The first-order valence-corrected chi connectivity index (χ1v) is 9.45. The molecule has 2 aromatic carbocycles. The van der Waals surface area contributed by atoms with E-state index in [1.807, 2.05) is 0 Å². The molecule has 1 N–H and O–H groups in total. The lowest BCUT2D eigenvalue weighted by Crippen LogP contribution is -2.26. The van der Waals surface area contributed by atoms with Gasteiger partial charge in [0, 0.05) is 25.8 Å². The molecule has 0 spiro atoms. The van der Waals surface area contributed by atoms with Crippen molar-refractivity contribution < 1.29 is 13.2 Å². The lowest BCUT2D eigenvalue weighted by molar-refractivity contribution is 0.333. The van der Waals surface area contributed by atoms with Crippen molar-refractivity contribution in [1.29, 1.82) is 5.26 Å². The van der Waals surface area contributed by atoms with Gasteiger partial charge in [-0.2, -0.15) is 9.57 Å². The number of sulfonamides is 1. The molecule has 7 heteroatoms. The van der Waals surface area contributed by atoms with Gasteiger partial charge in [-0.3, -0.25) is 0 Å². The maximum Gasteiger partial charge on any atom is 0.243 e. The van der Waals surface area contributed by atoms with E-state index in [1.54, 1.807) is 54.6 Å². The van der Waals surface area contributed by atoms with E-state index < -0.39 is 10.0 Å². The summed E-state index contributed by atoms with van der Waals surface area (Å²) >= 11 is 0. The fraction of sp³-hybridized carbons (Fsp3) is 0.211. The summed E-state index contributed by atoms with van der Waals surface area (Å²) in [5, 5.41) is 11.9. The van der Waals surface area contributed by atoms with Crippen LogP contribution in [0.25, 0.3) is 0 Å². The molecule has 0 atom stereocenters. The molecule has 26 heavy (non-hydrogen) atoms. The standard InChI is InChI=1S/C19H21N3O3S/c1-3-13-22(2)26(23,24)19-10-6-17(7-11-19)21-12-14-25-18-8-4-16(15-20)5-9-18/h3-11,21H,1,12-14H2,2H3. The van der Waals surface area contributed by atoms with Crippen molar-refractivity contribution >= 4 is 15.7 Å². The molecular formula is C19H21N3O3S. The first kappa shape index (κ1) is 19.5. The van der Waals surface area contributed by atoms with Gasteiger partial charge in [0.15, 0.2) is 0 Å². The Morgan fingerprint density at radius 2 is 1.85 bits per heavy atom. The van der Waals surface area contributed by atoms with Gasteiger partial charge in [-0.25, -0.2) is 8.42 Å². The van der Waals surface area contributed by atoms with Crippen LogP contribution in [0.4, 0.5) is 5.69 Å². The van der Waals surface area contributed by atoms with Crippen LogP contribution in [-0.4, -0.2) is 39.5 Å². The Morgan fingerprint density at radius 1 is 1.19 bits per heavy atom. The zero-order valence-corrected chi connectivity index (χ0v) is 15.4. The lowest BCUT2D eigenvalue weighted by Gasteiger charge is -2.15. The first-order chi connectivity index (χ1) is 12.5. The van der Waals surface area contributed by atoms with E-state index in [0.29, 0.717) is 24.5 Å². The molecule has 0 heterocycles.